The van der Waals surface area contributed by atoms with Gasteiger partial charge >= 0.3 is 5.97 Å². The molecule has 1 unspecified atom stereocenters. The van der Waals surface area contributed by atoms with Crippen LogP contribution in [0.1, 0.15) is 26.2 Å². The summed E-state index contributed by atoms with van der Waals surface area (Å²) in [6.45, 7) is 2.25. The van der Waals surface area contributed by atoms with Gasteiger partial charge in [-0.2, -0.15) is 4.31 Å². The number of aryl methyl sites for hydroxylation is 1. The minimum Gasteiger partial charge on any atom is -0.481 e. The van der Waals surface area contributed by atoms with Gasteiger partial charge in [-0.3, -0.25) is 4.79 Å². The van der Waals surface area contributed by atoms with Crippen molar-refractivity contribution < 1.29 is 18.3 Å². The molecular formula is C13H20N2O4S. The van der Waals surface area contributed by atoms with E-state index in [0.29, 0.717) is 12.8 Å². The normalized spacial score (nSPS) is 24.1. The summed E-state index contributed by atoms with van der Waals surface area (Å²) in [6.07, 6.45) is 4.81. The van der Waals surface area contributed by atoms with Gasteiger partial charge in [0, 0.05) is 32.5 Å². The minimum absolute atomic E-state index is 0.0629. The van der Waals surface area contributed by atoms with E-state index < -0.39 is 21.4 Å². The Morgan fingerprint density at radius 2 is 2.20 bits per heavy atom. The first-order valence-electron chi connectivity index (χ1n) is 6.67. The highest BCUT2D eigenvalue weighted by Crippen LogP contribution is 2.38. The topological polar surface area (TPSA) is 79.6 Å². The lowest BCUT2D eigenvalue weighted by Gasteiger charge is -2.23. The fourth-order valence-electron chi connectivity index (χ4n) is 2.78. The molecule has 0 aromatic carbocycles. The van der Waals surface area contributed by atoms with Crippen LogP contribution in [0.5, 0.6) is 0 Å². The first kappa shape index (κ1) is 15.1. The van der Waals surface area contributed by atoms with E-state index in [-0.39, 0.29) is 18.0 Å². The summed E-state index contributed by atoms with van der Waals surface area (Å²) in [5.74, 6) is -0.898. The molecule has 0 aliphatic carbocycles. The molecule has 1 aromatic rings. The van der Waals surface area contributed by atoms with Crippen molar-refractivity contribution in [1.29, 1.82) is 0 Å². The summed E-state index contributed by atoms with van der Waals surface area (Å²) in [4.78, 5) is 11.7. The van der Waals surface area contributed by atoms with Crippen molar-refractivity contribution in [2.45, 2.75) is 31.1 Å². The number of carbonyl (C=O) groups is 1. The van der Waals surface area contributed by atoms with Crippen LogP contribution >= 0.6 is 0 Å². The van der Waals surface area contributed by atoms with E-state index in [1.54, 1.807) is 17.8 Å². The lowest BCUT2D eigenvalue weighted by atomic mass is 9.83. The standard InChI is InChI=1S/C13H20N2O4S/c1-3-5-13(12(16)17)6-8-15(10-13)20(18,19)11-4-7-14(2)9-11/h4,7,9H,3,5-6,8,10H2,1-2H3,(H,16,17). The molecule has 1 aromatic heterocycles. The van der Waals surface area contributed by atoms with Gasteiger partial charge in [-0.25, -0.2) is 8.42 Å². The van der Waals surface area contributed by atoms with Crippen LogP contribution in [0, 0.1) is 5.41 Å². The summed E-state index contributed by atoms with van der Waals surface area (Å²) in [6, 6.07) is 1.54. The molecule has 0 spiro atoms. The number of hydrogen-bond acceptors (Lipinski definition) is 3. The molecule has 6 nitrogen and oxygen atoms in total. The van der Waals surface area contributed by atoms with Gasteiger partial charge in [0.05, 0.1) is 10.3 Å². The summed E-state index contributed by atoms with van der Waals surface area (Å²) >= 11 is 0. The average molecular weight is 300 g/mol. The molecule has 2 rings (SSSR count). The number of carboxylic acid groups (broad SMARTS) is 1. The van der Waals surface area contributed by atoms with Gasteiger partial charge < -0.3 is 9.67 Å². The lowest BCUT2D eigenvalue weighted by Crippen LogP contribution is -2.36. The molecule has 1 atom stereocenters. The Labute approximate surface area is 119 Å². The zero-order chi connectivity index (χ0) is 15.0. The van der Waals surface area contributed by atoms with Crippen molar-refractivity contribution in [2.75, 3.05) is 13.1 Å². The molecule has 0 bridgehead atoms. The van der Waals surface area contributed by atoms with Crippen LogP contribution in [0.3, 0.4) is 0 Å². The van der Waals surface area contributed by atoms with E-state index in [0.717, 1.165) is 6.42 Å². The highest BCUT2D eigenvalue weighted by Gasteiger charge is 2.47. The van der Waals surface area contributed by atoms with Gasteiger partial charge in [-0.1, -0.05) is 13.3 Å². The number of aliphatic carboxylic acids is 1. The van der Waals surface area contributed by atoms with Crippen molar-refractivity contribution in [3.63, 3.8) is 0 Å². The predicted molar refractivity (Wildman–Crippen MR) is 73.8 cm³/mol. The molecule has 112 valence electrons. The van der Waals surface area contributed by atoms with Gasteiger partial charge in [0.2, 0.25) is 10.0 Å². The molecule has 1 aliphatic heterocycles. The molecule has 2 heterocycles. The van der Waals surface area contributed by atoms with Crippen LogP contribution in [0.2, 0.25) is 0 Å². The van der Waals surface area contributed by atoms with Crippen LogP contribution in [0.4, 0.5) is 0 Å². The van der Waals surface area contributed by atoms with Crippen molar-refractivity contribution in [3.05, 3.63) is 18.5 Å². The number of nitrogens with zero attached hydrogens (tertiary/aromatic N) is 2. The molecule has 1 aliphatic rings. The lowest BCUT2D eigenvalue weighted by molar-refractivity contribution is -0.148. The van der Waals surface area contributed by atoms with Crippen molar-refractivity contribution in [3.8, 4) is 0 Å². The largest absolute Gasteiger partial charge is 0.481 e. The third kappa shape index (κ3) is 2.47. The number of carboxylic acids is 1. The summed E-state index contributed by atoms with van der Waals surface area (Å²) in [5.41, 5.74) is -0.934. The summed E-state index contributed by atoms with van der Waals surface area (Å²) < 4.78 is 27.9. The Morgan fingerprint density at radius 1 is 1.50 bits per heavy atom. The highest BCUT2D eigenvalue weighted by molar-refractivity contribution is 7.89. The number of sulfonamides is 1. The molecule has 1 N–H and O–H groups in total. The molecule has 0 radical (unpaired) electrons. The van der Waals surface area contributed by atoms with Gasteiger partial charge in [-0.15, -0.1) is 0 Å². The van der Waals surface area contributed by atoms with Crippen molar-refractivity contribution >= 4 is 16.0 Å². The van der Waals surface area contributed by atoms with Gasteiger partial charge in [-0.05, 0) is 18.9 Å². The van der Waals surface area contributed by atoms with Gasteiger partial charge in [0.25, 0.3) is 0 Å². The zero-order valence-electron chi connectivity index (χ0n) is 11.7. The molecule has 0 amide bonds. The Kier molecular flexibility index (Phi) is 3.93. The maximum absolute atomic E-state index is 12.5. The van der Waals surface area contributed by atoms with E-state index in [2.05, 4.69) is 0 Å². The number of hydrogen-bond donors (Lipinski definition) is 1. The quantitative estimate of drug-likeness (QED) is 0.888. The van der Waals surface area contributed by atoms with E-state index >= 15 is 0 Å². The fourth-order valence-corrected chi connectivity index (χ4v) is 4.36. The Balaban J connectivity index is 2.26. The van der Waals surface area contributed by atoms with E-state index in [1.165, 1.54) is 16.6 Å². The third-order valence-electron chi connectivity index (χ3n) is 3.94. The van der Waals surface area contributed by atoms with Crippen LogP contribution in [-0.4, -0.2) is 41.5 Å². The van der Waals surface area contributed by atoms with Crippen molar-refractivity contribution in [1.82, 2.24) is 8.87 Å². The first-order valence-corrected chi connectivity index (χ1v) is 8.11. The van der Waals surface area contributed by atoms with Gasteiger partial charge in [0.1, 0.15) is 0 Å². The second-order valence-electron chi connectivity index (χ2n) is 5.44. The van der Waals surface area contributed by atoms with E-state index in [4.69, 9.17) is 0 Å². The minimum atomic E-state index is -3.59. The van der Waals surface area contributed by atoms with Gasteiger partial charge in [0.15, 0.2) is 0 Å². The third-order valence-corrected chi connectivity index (χ3v) is 5.77. The second kappa shape index (κ2) is 5.21. The van der Waals surface area contributed by atoms with Crippen LogP contribution in [0.25, 0.3) is 0 Å². The Morgan fingerprint density at radius 3 is 2.70 bits per heavy atom. The monoisotopic (exact) mass is 300 g/mol. The highest BCUT2D eigenvalue weighted by atomic mass is 32.2. The molecule has 1 saturated heterocycles. The smallest absolute Gasteiger partial charge is 0.311 e. The zero-order valence-corrected chi connectivity index (χ0v) is 12.6. The Hall–Kier alpha value is -1.34. The van der Waals surface area contributed by atoms with Crippen LogP contribution in [-0.2, 0) is 21.9 Å². The average Bonchev–Trinajstić information content (AvgIpc) is 2.97. The molecule has 7 heteroatoms. The maximum Gasteiger partial charge on any atom is 0.311 e. The SMILES string of the molecule is CCCC1(C(=O)O)CCN(S(=O)(=O)c2ccn(C)c2)C1. The van der Waals surface area contributed by atoms with Crippen LogP contribution in [0.15, 0.2) is 23.4 Å². The summed E-state index contributed by atoms with van der Waals surface area (Å²) in [7, 11) is -1.84. The Bertz CT molecular complexity index is 608. The maximum atomic E-state index is 12.5. The summed E-state index contributed by atoms with van der Waals surface area (Å²) in [5, 5.41) is 9.43. The molecule has 0 saturated carbocycles. The number of aromatic nitrogens is 1. The van der Waals surface area contributed by atoms with Crippen molar-refractivity contribution in [2.24, 2.45) is 12.5 Å². The number of rotatable bonds is 5. The predicted octanol–water partition coefficient (Wildman–Crippen LogP) is 1.29. The second-order valence-corrected chi connectivity index (χ2v) is 7.37. The molecular weight excluding hydrogens is 280 g/mol. The van der Waals surface area contributed by atoms with Crippen LogP contribution < -0.4 is 0 Å². The fraction of sp³-hybridized carbons (Fsp3) is 0.615. The first-order chi connectivity index (χ1) is 9.32. The molecule has 1 fully saturated rings. The van der Waals surface area contributed by atoms with E-state index in [9.17, 15) is 18.3 Å². The molecule has 20 heavy (non-hydrogen) atoms. The van der Waals surface area contributed by atoms with E-state index in [1.807, 2.05) is 6.92 Å².